The average Bonchev–Trinajstić information content (AvgIpc) is 3.19. The molecule has 1 saturated heterocycles. The van der Waals surface area contributed by atoms with Crippen LogP contribution in [0.2, 0.25) is 0 Å². The van der Waals surface area contributed by atoms with E-state index in [2.05, 4.69) is 23.3 Å². The first kappa shape index (κ1) is 54.9. The van der Waals surface area contributed by atoms with Gasteiger partial charge < -0.3 is 35.2 Å². The van der Waals surface area contributed by atoms with Crippen LogP contribution >= 0.6 is 0 Å². The second-order valence-corrected chi connectivity index (χ2v) is 17.8. The Balaban J connectivity index is 2.38. The number of allylic oxidation sites excluding steroid dienone is 1. The first-order valence-electron chi connectivity index (χ1n) is 23.6. The molecule has 58 heavy (non-hydrogen) atoms. The number of aliphatic hydroxyl groups excluding tert-OH is 4. The van der Waals surface area contributed by atoms with Crippen LogP contribution in [0.1, 0.15) is 213 Å². The zero-order valence-corrected chi connectivity index (χ0v) is 37.4. The predicted molar refractivity (Wildman–Crippen MR) is 232 cm³/mol. The van der Waals surface area contributed by atoms with Gasteiger partial charge in [-0.15, -0.1) is 0 Å². The molecular formula is C45H87NO11S. The molecule has 1 amide bonds. The van der Waals surface area contributed by atoms with E-state index in [1.807, 2.05) is 6.08 Å². The Morgan fingerprint density at radius 2 is 1.09 bits per heavy atom. The number of hydrogen-bond acceptors (Lipinski definition) is 10. The molecule has 0 radical (unpaired) electrons. The molecular weight excluding hydrogens is 763 g/mol. The predicted octanol–water partition coefficient (Wildman–Crippen LogP) is 9.16. The lowest BCUT2D eigenvalue weighted by Gasteiger charge is -2.41. The van der Waals surface area contributed by atoms with Gasteiger partial charge in [0.15, 0.2) is 6.29 Å². The largest absolute Gasteiger partial charge is 0.397 e. The summed E-state index contributed by atoms with van der Waals surface area (Å²) in [5, 5.41) is 44.5. The third-order valence-electron chi connectivity index (χ3n) is 11.3. The van der Waals surface area contributed by atoms with Gasteiger partial charge in [0.25, 0.3) is 0 Å². The van der Waals surface area contributed by atoms with Crippen molar-refractivity contribution in [2.24, 2.45) is 0 Å². The van der Waals surface area contributed by atoms with Crippen molar-refractivity contribution < 1.29 is 51.8 Å². The smallest absolute Gasteiger partial charge is 0.394 e. The molecule has 7 unspecified atom stereocenters. The third-order valence-corrected chi connectivity index (χ3v) is 11.8. The van der Waals surface area contributed by atoms with E-state index >= 15 is 0 Å². The van der Waals surface area contributed by atoms with Gasteiger partial charge in [0.05, 0.1) is 25.4 Å². The number of ether oxygens (including phenoxy) is 2. The minimum absolute atomic E-state index is 0.261. The molecule has 1 aliphatic heterocycles. The van der Waals surface area contributed by atoms with Crippen molar-refractivity contribution in [3.8, 4) is 0 Å². The minimum Gasteiger partial charge on any atom is -0.394 e. The lowest BCUT2D eigenvalue weighted by molar-refractivity contribution is -0.298. The topological polar surface area (TPSA) is 192 Å². The lowest BCUT2D eigenvalue weighted by Crippen LogP contribution is -2.61. The third kappa shape index (κ3) is 29.2. The number of carbonyl (C=O) groups is 1. The Morgan fingerprint density at radius 1 is 0.672 bits per heavy atom. The molecule has 7 atom stereocenters. The summed E-state index contributed by atoms with van der Waals surface area (Å²) in [6.45, 7) is 3.36. The van der Waals surface area contributed by atoms with Crippen molar-refractivity contribution in [2.75, 3.05) is 13.2 Å². The molecule has 1 rings (SSSR count). The van der Waals surface area contributed by atoms with Crippen LogP contribution < -0.4 is 5.32 Å². The van der Waals surface area contributed by atoms with Crippen molar-refractivity contribution in [1.82, 2.24) is 5.32 Å². The van der Waals surface area contributed by atoms with Gasteiger partial charge in [-0.25, -0.2) is 4.18 Å². The summed E-state index contributed by atoms with van der Waals surface area (Å²) in [4.78, 5) is 13.0. The highest BCUT2D eigenvalue weighted by molar-refractivity contribution is 7.80. The van der Waals surface area contributed by atoms with Crippen LogP contribution in [-0.2, 0) is 28.9 Å². The summed E-state index contributed by atoms with van der Waals surface area (Å²) in [5.41, 5.74) is 0. The van der Waals surface area contributed by atoms with Gasteiger partial charge >= 0.3 is 10.4 Å². The summed E-state index contributed by atoms with van der Waals surface area (Å²) in [7, 11) is -5.08. The molecule has 6 N–H and O–H groups in total. The zero-order valence-electron chi connectivity index (χ0n) is 36.6. The molecule has 12 nitrogen and oxygen atoms in total. The lowest BCUT2D eigenvalue weighted by atomic mass is 9.99. The fourth-order valence-electron chi connectivity index (χ4n) is 7.63. The van der Waals surface area contributed by atoms with Crippen molar-refractivity contribution in [1.29, 1.82) is 0 Å². The number of carbonyl (C=O) groups excluding carboxylic acids is 1. The Hall–Kier alpha value is -1.16. The van der Waals surface area contributed by atoms with Crippen LogP contribution in [0.15, 0.2) is 12.2 Å². The molecule has 0 saturated carbocycles. The van der Waals surface area contributed by atoms with Crippen LogP contribution in [0, 0.1) is 0 Å². The first-order chi connectivity index (χ1) is 28.0. The fraction of sp³-hybridized carbons (Fsp3) is 0.933. The maximum absolute atomic E-state index is 13.0. The zero-order chi connectivity index (χ0) is 42.7. The summed E-state index contributed by atoms with van der Waals surface area (Å²) in [5.74, 6) is -0.261. The standard InChI is InChI=1S/C45H87NO11S/c1-3-5-7-9-11-13-14-15-16-17-18-19-20-21-22-23-24-25-27-29-31-33-35-41(49)46-38(39(48)34-32-30-28-26-12-10-8-6-4-2)37-55-45-43(51)44(57-58(52,53)54)42(50)40(36-47)56-45/h32,34,38-40,42-45,47-48,50-51H,3-31,33,35-37H2,1-2H3,(H,46,49)(H,52,53,54)/b34-32+. The monoisotopic (exact) mass is 850 g/mol. The van der Waals surface area contributed by atoms with E-state index in [1.54, 1.807) is 6.08 Å². The number of rotatable bonds is 40. The highest BCUT2D eigenvalue weighted by Crippen LogP contribution is 2.26. The molecule has 1 fully saturated rings. The maximum atomic E-state index is 13.0. The van der Waals surface area contributed by atoms with E-state index in [0.29, 0.717) is 6.42 Å². The molecule has 0 aromatic carbocycles. The van der Waals surface area contributed by atoms with E-state index in [0.717, 1.165) is 44.9 Å². The summed E-state index contributed by atoms with van der Waals surface area (Å²) in [6, 6.07) is -0.936. The van der Waals surface area contributed by atoms with Gasteiger partial charge in [0, 0.05) is 6.42 Å². The number of hydrogen-bond donors (Lipinski definition) is 6. The Morgan fingerprint density at radius 3 is 1.50 bits per heavy atom. The normalized spacial score (nSPS) is 21.1. The molecule has 0 bridgehead atoms. The molecule has 344 valence electrons. The molecule has 0 aliphatic carbocycles. The molecule has 1 heterocycles. The number of aliphatic hydroxyl groups is 4. The minimum atomic E-state index is -5.08. The first-order valence-corrected chi connectivity index (χ1v) is 24.9. The number of unbranched alkanes of at least 4 members (excludes halogenated alkanes) is 28. The second kappa shape index (κ2) is 36.5. The van der Waals surface area contributed by atoms with E-state index in [1.165, 1.54) is 141 Å². The van der Waals surface area contributed by atoms with Crippen molar-refractivity contribution in [3.63, 3.8) is 0 Å². The van der Waals surface area contributed by atoms with Gasteiger partial charge in [0.1, 0.15) is 24.4 Å². The van der Waals surface area contributed by atoms with Gasteiger partial charge in [0.2, 0.25) is 5.91 Å². The van der Waals surface area contributed by atoms with Gasteiger partial charge in [-0.2, -0.15) is 8.42 Å². The molecule has 1 aliphatic rings. The second-order valence-electron chi connectivity index (χ2n) is 16.7. The Bertz CT molecular complexity index is 1090. The van der Waals surface area contributed by atoms with Crippen LogP contribution in [0.4, 0.5) is 0 Å². The van der Waals surface area contributed by atoms with Gasteiger partial charge in [-0.1, -0.05) is 199 Å². The van der Waals surface area contributed by atoms with Crippen molar-refractivity contribution in [2.45, 2.75) is 256 Å². The number of nitrogens with one attached hydrogen (secondary N) is 1. The SMILES string of the molecule is CCCCCCCCC/C=C/C(O)C(COC1OC(CO)C(O)C(OS(=O)(=O)O)C1O)NC(=O)CCCCCCCCCCCCCCCCCCCCCCCC. The summed E-state index contributed by atoms with van der Waals surface area (Å²) in [6.07, 6.45) is 31.3. The summed E-state index contributed by atoms with van der Waals surface area (Å²) < 4.78 is 47.5. The van der Waals surface area contributed by atoms with Crippen molar-refractivity contribution >= 4 is 16.3 Å². The number of amides is 1. The highest BCUT2D eigenvalue weighted by atomic mass is 32.3. The van der Waals surface area contributed by atoms with Crippen LogP contribution in [0.5, 0.6) is 0 Å². The van der Waals surface area contributed by atoms with Gasteiger partial charge in [-0.05, 0) is 19.3 Å². The Labute approximate surface area is 353 Å². The molecule has 0 aromatic heterocycles. The maximum Gasteiger partial charge on any atom is 0.397 e. The fourth-order valence-corrected chi connectivity index (χ4v) is 8.14. The molecule has 0 aromatic rings. The Kier molecular flexibility index (Phi) is 34.5. The average molecular weight is 850 g/mol. The quantitative estimate of drug-likeness (QED) is 0.0196. The summed E-state index contributed by atoms with van der Waals surface area (Å²) >= 11 is 0. The molecule has 13 heteroatoms. The van der Waals surface area contributed by atoms with Gasteiger partial charge in [-0.3, -0.25) is 9.35 Å². The van der Waals surface area contributed by atoms with E-state index < -0.39 is 59.9 Å². The molecule has 0 spiro atoms. The van der Waals surface area contributed by atoms with Crippen LogP contribution in [0.3, 0.4) is 0 Å². The van der Waals surface area contributed by atoms with E-state index in [4.69, 9.17) is 14.0 Å². The highest BCUT2D eigenvalue weighted by Gasteiger charge is 2.48. The van der Waals surface area contributed by atoms with Crippen molar-refractivity contribution in [3.05, 3.63) is 12.2 Å². The van der Waals surface area contributed by atoms with Crippen LogP contribution in [-0.4, -0.2) is 95.4 Å². The van der Waals surface area contributed by atoms with Crippen LogP contribution in [0.25, 0.3) is 0 Å². The van der Waals surface area contributed by atoms with E-state index in [9.17, 15) is 33.6 Å². The van der Waals surface area contributed by atoms with E-state index in [-0.39, 0.29) is 18.9 Å².